The third-order valence-electron chi connectivity index (χ3n) is 3.90. The number of hydrogen-bond acceptors (Lipinski definition) is 2. The average Bonchev–Trinajstić information content (AvgIpc) is 2.64. The predicted molar refractivity (Wildman–Crippen MR) is 127 cm³/mol. The molecule has 0 saturated heterocycles. The Morgan fingerprint density at radius 3 is 1.89 bits per heavy atom. The van der Waals surface area contributed by atoms with Gasteiger partial charge in [0.25, 0.3) is 0 Å². The van der Waals surface area contributed by atoms with Crippen LogP contribution in [0.1, 0.15) is 30.5 Å². The van der Waals surface area contributed by atoms with E-state index in [4.69, 9.17) is 0 Å². The quantitative estimate of drug-likeness (QED) is 0.278. The first-order valence-corrected chi connectivity index (χ1v) is 9.13. The highest BCUT2D eigenvalue weighted by Crippen LogP contribution is 2.09. The summed E-state index contributed by atoms with van der Waals surface area (Å²) in [6.45, 7) is 7.29. The number of nitrogens with zero attached hydrogens (tertiary/aromatic N) is 1. The van der Waals surface area contributed by atoms with E-state index < -0.39 is 0 Å². The van der Waals surface area contributed by atoms with Gasteiger partial charge in [-0.25, -0.2) is 4.79 Å². The zero-order valence-corrected chi connectivity index (χ0v) is 19.2. The van der Waals surface area contributed by atoms with E-state index in [-0.39, 0.29) is 36.0 Å². The molecular weight excluding hydrogens is 465 g/mol. The molecular formula is C21H30IN5O. The van der Waals surface area contributed by atoms with Crippen LogP contribution in [0.15, 0.2) is 53.5 Å². The number of nitrogens with one attached hydrogen (secondary N) is 4. The van der Waals surface area contributed by atoms with E-state index in [9.17, 15) is 4.79 Å². The fourth-order valence-electron chi connectivity index (χ4n) is 2.43. The lowest BCUT2D eigenvalue weighted by Gasteiger charge is -2.13. The lowest BCUT2D eigenvalue weighted by Crippen LogP contribution is -2.36. The minimum Gasteiger partial charge on any atom is -0.352 e. The van der Waals surface area contributed by atoms with Gasteiger partial charge in [0.2, 0.25) is 0 Å². The Morgan fingerprint density at radius 1 is 0.929 bits per heavy atom. The van der Waals surface area contributed by atoms with E-state index in [1.54, 1.807) is 7.05 Å². The minimum atomic E-state index is -0.198. The summed E-state index contributed by atoms with van der Waals surface area (Å²) in [5.41, 5.74) is 4.32. The van der Waals surface area contributed by atoms with Crippen LogP contribution in [0.3, 0.4) is 0 Å². The van der Waals surface area contributed by atoms with Gasteiger partial charge in [0.1, 0.15) is 0 Å². The second kappa shape index (κ2) is 12.2. The van der Waals surface area contributed by atoms with Crippen molar-refractivity contribution in [1.82, 2.24) is 16.0 Å². The van der Waals surface area contributed by atoms with E-state index in [0.29, 0.717) is 13.1 Å². The van der Waals surface area contributed by atoms with Crippen molar-refractivity contribution in [3.05, 3.63) is 65.2 Å². The Bertz CT molecular complexity index is 757. The molecule has 6 nitrogen and oxygen atoms in total. The maximum absolute atomic E-state index is 11.7. The van der Waals surface area contributed by atoms with Gasteiger partial charge in [-0.2, -0.15) is 0 Å². The van der Waals surface area contributed by atoms with Crippen LogP contribution >= 0.6 is 24.0 Å². The molecule has 2 rings (SSSR count). The minimum absolute atomic E-state index is 0. The van der Waals surface area contributed by atoms with Crippen molar-refractivity contribution in [2.75, 3.05) is 12.4 Å². The Labute approximate surface area is 184 Å². The summed E-state index contributed by atoms with van der Waals surface area (Å²) in [5.74, 6) is 0.745. The summed E-state index contributed by atoms with van der Waals surface area (Å²) in [7, 11) is 1.75. The van der Waals surface area contributed by atoms with Crippen LogP contribution < -0.4 is 21.3 Å². The molecule has 152 valence electrons. The summed E-state index contributed by atoms with van der Waals surface area (Å²) in [5, 5.41) is 12.2. The van der Waals surface area contributed by atoms with Gasteiger partial charge in [0, 0.05) is 31.9 Å². The molecule has 2 aromatic carbocycles. The van der Waals surface area contributed by atoms with Crippen molar-refractivity contribution in [3.8, 4) is 0 Å². The highest BCUT2D eigenvalue weighted by Gasteiger charge is 2.04. The number of benzene rings is 2. The van der Waals surface area contributed by atoms with Crippen LogP contribution in [0.25, 0.3) is 0 Å². The van der Waals surface area contributed by atoms with Crippen LogP contribution in [-0.4, -0.2) is 25.1 Å². The maximum Gasteiger partial charge on any atom is 0.319 e. The van der Waals surface area contributed by atoms with Gasteiger partial charge in [-0.15, -0.1) is 24.0 Å². The Morgan fingerprint density at radius 2 is 1.43 bits per heavy atom. The van der Waals surface area contributed by atoms with E-state index in [1.807, 2.05) is 38.1 Å². The fraction of sp³-hybridized carbons (Fsp3) is 0.333. The highest BCUT2D eigenvalue weighted by atomic mass is 127. The second-order valence-corrected chi connectivity index (χ2v) is 6.72. The topological polar surface area (TPSA) is 77.6 Å². The number of carbonyl (C=O) groups excluding carboxylic acids is 1. The number of halogens is 1. The third-order valence-corrected chi connectivity index (χ3v) is 3.90. The summed E-state index contributed by atoms with van der Waals surface area (Å²) in [6, 6.07) is 16.1. The number of aliphatic imine (C=N–C) groups is 1. The first-order chi connectivity index (χ1) is 13.0. The molecule has 0 heterocycles. The molecule has 2 aromatic rings. The van der Waals surface area contributed by atoms with E-state index in [1.165, 1.54) is 11.1 Å². The molecule has 0 unspecified atom stereocenters. The molecule has 0 atom stereocenters. The van der Waals surface area contributed by atoms with Crippen molar-refractivity contribution >= 4 is 41.7 Å². The van der Waals surface area contributed by atoms with Crippen molar-refractivity contribution in [2.45, 2.75) is 39.9 Å². The van der Waals surface area contributed by atoms with E-state index >= 15 is 0 Å². The predicted octanol–water partition coefficient (Wildman–Crippen LogP) is 4.01. The first kappa shape index (κ1) is 23.7. The van der Waals surface area contributed by atoms with Crippen LogP contribution in [0.5, 0.6) is 0 Å². The van der Waals surface area contributed by atoms with Gasteiger partial charge in [-0.1, -0.05) is 42.0 Å². The van der Waals surface area contributed by atoms with Gasteiger partial charge in [-0.05, 0) is 44.0 Å². The number of rotatable bonds is 6. The first-order valence-electron chi connectivity index (χ1n) is 9.13. The Balaban J connectivity index is 0.00000392. The molecule has 0 aromatic heterocycles. The monoisotopic (exact) mass is 495 g/mol. The lowest BCUT2D eigenvalue weighted by molar-refractivity contribution is 0.250. The number of guanidine groups is 1. The molecule has 2 amide bonds. The summed E-state index contributed by atoms with van der Waals surface area (Å²) >= 11 is 0. The number of urea groups is 1. The van der Waals surface area contributed by atoms with Crippen molar-refractivity contribution in [1.29, 1.82) is 0 Å². The third kappa shape index (κ3) is 8.60. The van der Waals surface area contributed by atoms with Gasteiger partial charge in [0.15, 0.2) is 5.96 Å². The van der Waals surface area contributed by atoms with E-state index in [0.717, 1.165) is 17.2 Å². The molecule has 0 bridgehead atoms. The molecule has 0 aliphatic carbocycles. The standard InChI is InChI=1S/C21H29N5O.HI/c1-15(2)25-21(27)26-19-11-9-18(10-12-19)14-24-20(22-4)23-13-17-7-5-16(3)6-8-17;/h5-12,15H,13-14H2,1-4H3,(H2,22,23,24)(H2,25,26,27);1H. The number of hydrogen-bond donors (Lipinski definition) is 4. The number of anilines is 1. The van der Waals surface area contributed by atoms with Gasteiger partial charge in [0.05, 0.1) is 0 Å². The van der Waals surface area contributed by atoms with Crippen LogP contribution in [0.4, 0.5) is 10.5 Å². The fourth-order valence-corrected chi connectivity index (χ4v) is 2.43. The molecule has 0 saturated carbocycles. The largest absolute Gasteiger partial charge is 0.352 e. The molecule has 0 radical (unpaired) electrons. The lowest BCUT2D eigenvalue weighted by atomic mass is 10.1. The summed E-state index contributed by atoms with van der Waals surface area (Å²) in [4.78, 5) is 16.0. The normalized spacial score (nSPS) is 10.8. The molecule has 0 spiro atoms. The molecule has 0 fully saturated rings. The zero-order valence-electron chi connectivity index (χ0n) is 16.9. The smallest absolute Gasteiger partial charge is 0.319 e. The number of amides is 2. The average molecular weight is 495 g/mol. The van der Waals surface area contributed by atoms with Crippen LogP contribution in [-0.2, 0) is 13.1 Å². The van der Waals surface area contributed by atoms with Crippen molar-refractivity contribution in [3.63, 3.8) is 0 Å². The van der Waals surface area contributed by atoms with Gasteiger partial charge in [-0.3, -0.25) is 4.99 Å². The molecule has 7 heteroatoms. The zero-order chi connectivity index (χ0) is 19.6. The molecule has 0 aliphatic rings. The van der Waals surface area contributed by atoms with Gasteiger partial charge >= 0.3 is 6.03 Å². The molecule has 4 N–H and O–H groups in total. The Hall–Kier alpha value is -2.29. The number of carbonyl (C=O) groups is 1. The van der Waals surface area contributed by atoms with Crippen molar-refractivity contribution in [2.24, 2.45) is 4.99 Å². The summed E-state index contributed by atoms with van der Waals surface area (Å²) in [6.07, 6.45) is 0. The molecule has 0 aliphatic heterocycles. The highest BCUT2D eigenvalue weighted by molar-refractivity contribution is 14.0. The maximum atomic E-state index is 11.7. The van der Waals surface area contributed by atoms with Crippen LogP contribution in [0.2, 0.25) is 0 Å². The summed E-state index contributed by atoms with van der Waals surface area (Å²) < 4.78 is 0. The molecule has 28 heavy (non-hydrogen) atoms. The van der Waals surface area contributed by atoms with E-state index in [2.05, 4.69) is 57.4 Å². The van der Waals surface area contributed by atoms with Gasteiger partial charge < -0.3 is 21.3 Å². The van der Waals surface area contributed by atoms with Crippen LogP contribution in [0, 0.1) is 6.92 Å². The number of aryl methyl sites for hydroxylation is 1. The Kier molecular flexibility index (Phi) is 10.4. The van der Waals surface area contributed by atoms with Crippen molar-refractivity contribution < 1.29 is 4.79 Å². The second-order valence-electron chi connectivity index (χ2n) is 6.72. The SMILES string of the molecule is CN=C(NCc1ccc(C)cc1)NCc1ccc(NC(=O)NC(C)C)cc1.I.